The summed E-state index contributed by atoms with van der Waals surface area (Å²) in [5.41, 5.74) is 1.37. The van der Waals surface area contributed by atoms with Crippen molar-refractivity contribution in [2.45, 2.75) is 40.0 Å². The second-order valence-corrected chi connectivity index (χ2v) is 3.76. The van der Waals surface area contributed by atoms with Crippen molar-refractivity contribution < 1.29 is 0 Å². The van der Waals surface area contributed by atoms with Crippen molar-refractivity contribution >= 4 is 10.8 Å². The van der Waals surface area contributed by atoms with Gasteiger partial charge in [-0.15, -0.1) is 0 Å². The molecule has 2 rings (SSSR count). The van der Waals surface area contributed by atoms with Gasteiger partial charge in [0.25, 0.3) is 0 Å². The summed E-state index contributed by atoms with van der Waals surface area (Å²) in [6.07, 6.45) is 5.09. The van der Waals surface area contributed by atoms with E-state index >= 15 is 0 Å². The molecule has 0 aliphatic heterocycles. The standard InChI is InChI=1S/C13H15N.C2H6/c1-3-10(2)13-9-14-8-11-6-4-5-7-12(11)13;1-2/h4-10H,3H2,1-2H3;1-2H3. The maximum atomic E-state index is 4.28. The lowest BCUT2D eigenvalue weighted by atomic mass is 9.95. The largest absolute Gasteiger partial charge is 0.264 e. The van der Waals surface area contributed by atoms with Gasteiger partial charge in [0, 0.05) is 17.8 Å². The maximum Gasteiger partial charge on any atom is 0.0346 e. The molecule has 1 aromatic carbocycles. The lowest BCUT2D eigenvalue weighted by Gasteiger charge is -2.11. The Labute approximate surface area is 98.5 Å². The predicted molar refractivity (Wildman–Crippen MR) is 71.8 cm³/mol. The molecule has 16 heavy (non-hydrogen) atoms. The van der Waals surface area contributed by atoms with Crippen molar-refractivity contribution in [3.8, 4) is 0 Å². The number of hydrogen-bond donors (Lipinski definition) is 0. The Hall–Kier alpha value is -1.37. The minimum Gasteiger partial charge on any atom is -0.264 e. The van der Waals surface area contributed by atoms with Crippen LogP contribution in [0.1, 0.15) is 45.6 Å². The summed E-state index contributed by atoms with van der Waals surface area (Å²) < 4.78 is 0. The molecule has 1 heteroatoms. The minimum atomic E-state index is 0.591. The van der Waals surface area contributed by atoms with Gasteiger partial charge in [-0.2, -0.15) is 0 Å². The maximum absolute atomic E-state index is 4.28. The van der Waals surface area contributed by atoms with E-state index in [1.165, 1.54) is 16.3 Å². The van der Waals surface area contributed by atoms with Crippen molar-refractivity contribution in [2.75, 3.05) is 0 Å². The molecule has 1 unspecified atom stereocenters. The molecule has 86 valence electrons. The number of pyridine rings is 1. The van der Waals surface area contributed by atoms with E-state index in [1.54, 1.807) is 0 Å². The average molecular weight is 215 g/mol. The Balaban J connectivity index is 0.000000606. The number of benzene rings is 1. The molecule has 0 saturated carbocycles. The molecule has 0 spiro atoms. The summed E-state index contributed by atoms with van der Waals surface area (Å²) in [6.45, 7) is 8.47. The quantitative estimate of drug-likeness (QED) is 0.703. The van der Waals surface area contributed by atoms with E-state index in [9.17, 15) is 0 Å². The van der Waals surface area contributed by atoms with Crippen molar-refractivity contribution in [3.05, 3.63) is 42.2 Å². The lowest BCUT2D eigenvalue weighted by Crippen LogP contribution is -1.93. The molecule has 0 fully saturated rings. The predicted octanol–water partition coefficient (Wildman–Crippen LogP) is 4.77. The number of hydrogen-bond acceptors (Lipinski definition) is 1. The van der Waals surface area contributed by atoms with Gasteiger partial charge in [-0.3, -0.25) is 4.98 Å². The molecule has 1 atom stereocenters. The highest BCUT2D eigenvalue weighted by Gasteiger charge is 2.06. The summed E-state index contributed by atoms with van der Waals surface area (Å²) in [6, 6.07) is 8.45. The smallest absolute Gasteiger partial charge is 0.0346 e. The van der Waals surface area contributed by atoms with Crippen LogP contribution in [0.5, 0.6) is 0 Å². The third-order valence-corrected chi connectivity index (χ3v) is 2.84. The molecule has 1 aromatic heterocycles. The molecule has 0 amide bonds. The van der Waals surface area contributed by atoms with Gasteiger partial charge in [-0.1, -0.05) is 52.0 Å². The Morgan fingerprint density at radius 1 is 1.12 bits per heavy atom. The third-order valence-electron chi connectivity index (χ3n) is 2.84. The van der Waals surface area contributed by atoms with E-state index < -0.39 is 0 Å². The Bertz CT molecular complexity index is 429. The molecular formula is C15H21N. The van der Waals surface area contributed by atoms with Gasteiger partial charge < -0.3 is 0 Å². The van der Waals surface area contributed by atoms with Crippen molar-refractivity contribution in [1.29, 1.82) is 0 Å². The molecule has 0 aliphatic rings. The van der Waals surface area contributed by atoms with Crippen LogP contribution in [0.2, 0.25) is 0 Å². The summed E-state index contributed by atoms with van der Waals surface area (Å²) in [4.78, 5) is 4.28. The van der Waals surface area contributed by atoms with E-state index in [4.69, 9.17) is 0 Å². The molecule has 0 N–H and O–H groups in total. The number of fused-ring (bicyclic) bond motifs is 1. The summed E-state index contributed by atoms with van der Waals surface area (Å²) in [5.74, 6) is 0.591. The highest BCUT2D eigenvalue weighted by molar-refractivity contribution is 5.85. The first-order valence-electron chi connectivity index (χ1n) is 6.15. The van der Waals surface area contributed by atoms with Gasteiger partial charge >= 0.3 is 0 Å². The van der Waals surface area contributed by atoms with Gasteiger partial charge in [0.05, 0.1) is 0 Å². The summed E-state index contributed by atoms with van der Waals surface area (Å²) in [5, 5.41) is 2.59. The topological polar surface area (TPSA) is 12.9 Å². The molecule has 1 nitrogen and oxygen atoms in total. The Kier molecular flexibility index (Phi) is 4.97. The zero-order chi connectivity index (χ0) is 12.0. The van der Waals surface area contributed by atoms with Crippen LogP contribution in [-0.2, 0) is 0 Å². The molecule has 2 aromatic rings. The van der Waals surface area contributed by atoms with Crippen molar-refractivity contribution in [3.63, 3.8) is 0 Å². The number of aromatic nitrogens is 1. The van der Waals surface area contributed by atoms with Crippen LogP contribution in [0.25, 0.3) is 10.8 Å². The van der Waals surface area contributed by atoms with Crippen LogP contribution in [0.4, 0.5) is 0 Å². The normalized spacial score (nSPS) is 11.8. The van der Waals surface area contributed by atoms with Crippen LogP contribution in [0.15, 0.2) is 36.7 Å². The van der Waals surface area contributed by atoms with Gasteiger partial charge in [0.2, 0.25) is 0 Å². The van der Waals surface area contributed by atoms with Crippen molar-refractivity contribution in [1.82, 2.24) is 4.98 Å². The number of nitrogens with zero attached hydrogens (tertiary/aromatic N) is 1. The SMILES string of the molecule is CC.CCC(C)c1cncc2ccccc12. The van der Waals surface area contributed by atoms with E-state index in [1.807, 2.05) is 26.2 Å². The zero-order valence-corrected chi connectivity index (χ0v) is 10.7. The van der Waals surface area contributed by atoms with Gasteiger partial charge in [0.1, 0.15) is 0 Å². The fourth-order valence-electron chi connectivity index (χ4n) is 1.75. The van der Waals surface area contributed by atoms with E-state index in [2.05, 4.69) is 43.1 Å². The highest BCUT2D eigenvalue weighted by Crippen LogP contribution is 2.25. The minimum absolute atomic E-state index is 0.591. The van der Waals surface area contributed by atoms with E-state index in [0.717, 1.165) is 6.42 Å². The Morgan fingerprint density at radius 3 is 2.50 bits per heavy atom. The van der Waals surface area contributed by atoms with Crippen LogP contribution < -0.4 is 0 Å². The van der Waals surface area contributed by atoms with Crippen LogP contribution >= 0.6 is 0 Å². The molecular weight excluding hydrogens is 194 g/mol. The third kappa shape index (κ3) is 2.60. The molecule has 0 radical (unpaired) electrons. The average Bonchev–Trinajstić information content (AvgIpc) is 2.39. The van der Waals surface area contributed by atoms with Crippen LogP contribution in [0, 0.1) is 0 Å². The van der Waals surface area contributed by atoms with E-state index in [-0.39, 0.29) is 0 Å². The van der Waals surface area contributed by atoms with E-state index in [0.29, 0.717) is 5.92 Å². The highest BCUT2D eigenvalue weighted by atomic mass is 14.6. The molecule has 0 saturated heterocycles. The fraction of sp³-hybridized carbons (Fsp3) is 0.400. The van der Waals surface area contributed by atoms with Crippen LogP contribution in [-0.4, -0.2) is 4.98 Å². The van der Waals surface area contributed by atoms with Gasteiger partial charge in [0.15, 0.2) is 0 Å². The summed E-state index contributed by atoms with van der Waals surface area (Å²) in [7, 11) is 0. The van der Waals surface area contributed by atoms with Crippen molar-refractivity contribution in [2.24, 2.45) is 0 Å². The number of rotatable bonds is 2. The molecule has 0 aliphatic carbocycles. The second-order valence-electron chi connectivity index (χ2n) is 3.76. The second kappa shape index (κ2) is 6.26. The Morgan fingerprint density at radius 2 is 1.81 bits per heavy atom. The molecule has 1 heterocycles. The fourth-order valence-corrected chi connectivity index (χ4v) is 1.75. The van der Waals surface area contributed by atoms with Gasteiger partial charge in [-0.05, 0) is 23.3 Å². The zero-order valence-electron chi connectivity index (χ0n) is 10.7. The first kappa shape index (κ1) is 12.7. The first-order valence-corrected chi connectivity index (χ1v) is 6.15. The van der Waals surface area contributed by atoms with Crippen LogP contribution in [0.3, 0.4) is 0 Å². The molecule has 0 bridgehead atoms. The first-order chi connectivity index (χ1) is 7.83. The van der Waals surface area contributed by atoms with Gasteiger partial charge in [-0.25, -0.2) is 0 Å². The lowest BCUT2D eigenvalue weighted by molar-refractivity contribution is 0.736. The monoisotopic (exact) mass is 215 g/mol. The summed E-state index contributed by atoms with van der Waals surface area (Å²) >= 11 is 0.